The van der Waals surface area contributed by atoms with Gasteiger partial charge in [-0.05, 0) is 44.0 Å². The van der Waals surface area contributed by atoms with E-state index in [1.165, 1.54) is 18.6 Å². The Bertz CT molecular complexity index is 688. The third-order valence-electron chi connectivity index (χ3n) is 5.39. The molecule has 0 saturated heterocycles. The predicted octanol–water partition coefficient (Wildman–Crippen LogP) is 2.22. The minimum atomic E-state index is -4.76. The Kier molecular flexibility index (Phi) is 7.89. The molecule has 0 aromatic heterocycles. The number of rotatable bonds is 7. The SMILES string of the molecule is C[C@@H](C(=O)N(C)C1CCCCC1)[NH+](C)CC(=O)Nc1ccc(OC(F)(F)F)cc1. The Hall–Kier alpha value is -2.29. The third kappa shape index (κ3) is 7.23. The number of nitrogens with zero attached hydrogens (tertiary/aromatic N) is 1. The van der Waals surface area contributed by atoms with Crippen LogP contribution in [0, 0.1) is 0 Å². The average molecular weight is 416 g/mol. The molecule has 0 bridgehead atoms. The van der Waals surface area contributed by atoms with Crippen LogP contribution in [0.2, 0.25) is 0 Å². The number of nitrogens with one attached hydrogen (secondary N) is 2. The monoisotopic (exact) mass is 416 g/mol. The molecule has 1 aliphatic rings. The fraction of sp³-hybridized carbons (Fsp3) is 0.600. The van der Waals surface area contributed by atoms with Crippen molar-refractivity contribution in [2.75, 3.05) is 26.0 Å². The van der Waals surface area contributed by atoms with Crippen LogP contribution in [0.25, 0.3) is 0 Å². The van der Waals surface area contributed by atoms with Gasteiger partial charge in [-0.2, -0.15) is 0 Å². The highest BCUT2D eigenvalue weighted by atomic mass is 19.4. The molecule has 9 heteroatoms. The topological polar surface area (TPSA) is 63.1 Å². The highest BCUT2D eigenvalue weighted by Crippen LogP contribution is 2.24. The van der Waals surface area contributed by atoms with Crippen molar-refractivity contribution in [3.63, 3.8) is 0 Å². The Balaban J connectivity index is 1.85. The number of hydrogen-bond acceptors (Lipinski definition) is 3. The van der Waals surface area contributed by atoms with Crippen LogP contribution in [-0.4, -0.2) is 55.8 Å². The maximum atomic E-state index is 12.7. The quantitative estimate of drug-likeness (QED) is 0.717. The first-order valence-corrected chi connectivity index (χ1v) is 9.81. The van der Waals surface area contributed by atoms with Gasteiger partial charge in [0.15, 0.2) is 12.6 Å². The van der Waals surface area contributed by atoms with Crippen molar-refractivity contribution in [2.24, 2.45) is 0 Å². The number of ether oxygens (including phenoxy) is 1. The number of halogens is 3. The number of benzene rings is 1. The van der Waals surface area contributed by atoms with Gasteiger partial charge < -0.3 is 19.9 Å². The van der Waals surface area contributed by atoms with E-state index in [1.54, 1.807) is 14.0 Å². The first kappa shape index (κ1) is 23.0. The van der Waals surface area contributed by atoms with E-state index >= 15 is 0 Å². The lowest BCUT2D eigenvalue weighted by atomic mass is 9.94. The van der Waals surface area contributed by atoms with Gasteiger partial charge in [0.1, 0.15) is 5.75 Å². The lowest BCUT2D eigenvalue weighted by molar-refractivity contribution is -0.886. The number of carbonyl (C=O) groups excluding carboxylic acids is 2. The predicted molar refractivity (Wildman–Crippen MR) is 103 cm³/mol. The second kappa shape index (κ2) is 9.96. The number of carbonyl (C=O) groups is 2. The average Bonchev–Trinajstić information content (AvgIpc) is 2.67. The molecular formula is C20H29F3N3O3+. The number of alkyl halides is 3. The first-order chi connectivity index (χ1) is 13.6. The Morgan fingerprint density at radius 3 is 2.34 bits per heavy atom. The molecule has 0 radical (unpaired) electrons. The van der Waals surface area contributed by atoms with Crippen LogP contribution in [0.15, 0.2) is 24.3 Å². The van der Waals surface area contributed by atoms with Gasteiger partial charge in [0.05, 0.1) is 7.05 Å². The van der Waals surface area contributed by atoms with Crippen molar-refractivity contribution < 1.29 is 32.4 Å². The molecule has 1 aliphatic carbocycles. The van der Waals surface area contributed by atoms with Crippen molar-refractivity contribution in [2.45, 2.75) is 57.5 Å². The van der Waals surface area contributed by atoms with Crippen molar-refractivity contribution in [1.29, 1.82) is 0 Å². The van der Waals surface area contributed by atoms with Gasteiger partial charge in [0, 0.05) is 18.8 Å². The summed E-state index contributed by atoms with van der Waals surface area (Å²) in [7, 11) is 3.60. The van der Waals surface area contributed by atoms with E-state index in [4.69, 9.17) is 0 Å². The van der Waals surface area contributed by atoms with Gasteiger partial charge in [-0.25, -0.2) is 0 Å². The molecule has 1 aromatic carbocycles. The molecule has 2 amide bonds. The fourth-order valence-corrected chi connectivity index (χ4v) is 3.52. The number of amides is 2. The fourth-order valence-electron chi connectivity index (χ4n) is 3.52. The Morgan fingerprint density at radius 1 is 1.21 bits per heavy atom. The molecule has 0 spiro atoms. The van der Waals surface area contributed by atoms with Gasteiger partial charge in [0.25, 0.3) is 11.8 Å². The molecule has 162 valence electrons. The maximum absolute atomic E-state index is 12.7. The standard InChI is InChI=1S/C20H28F3N3O3/c1-14(19(28)26(3)16-7-5-4-6-8-16)25(2)13-18(27)24-15-9-11-17(12-10-15)29-20(21,22)23/h9-12,14,16H,4-8,13H2,1-3H3,(H,24,27)/p+1/t14-/m0/s1. The van der Waals surface area contributed by atoms with E-state index in [9.17, 15) is 22.8 Å². The molecule has 1 aromatic rings. The molecule has 0 aliphatic heterocycles. The van der Waals surface area contributed by atoms with Crippen LogP contribution in [-0.2, 0) is 9.59 Å². The van der Waals surface area contributed by atoms with Gasteiger partial charge in [0.2, 0.25) is 0 Å². The zero-order valence-electron chi connectivity index (χ0n) is 17.0. The Labute approximate surface area is 169 Å². The highest BCUT2D eigenvalue weighted by molar-refractivity contribution is 5.91. The summed E-state index contributed by atoms with van der Waals surface area (Å²) in [6, 6.07) is 4.81. The maximum Gasteiger partial charge on any atom is 0.573 e. The highest BCUT2D eigenvalue weighted by Gasteiger charge is 2.32. The van der Waals surface area contributed by atoms with Crippen LogP contribution in [0.3, 0.4) is 0 Å². The summed E-state index contributed by atoms with van der Waals surface area (Å²) in [5.41, 5.74) is 0.357. The molecule has 2 atom stereocenters. The van der Waals surface area contributed by atoms with Crippen LogP contribution < -0.4 is 15.0 Å². The van der Waals surface area contributed by atoms with Gasteiger partial charge in [-0.1, -0.05) is 19.3 Å². The summed E-state index contributed by atoms with van der Waals surface area (Å²) >= 11 is 0. The molecule has 2 rings (SSSR count). The second-order valence-electron chi connectivity index (χ2n) is 7.61. The van der Waals surface area contributed by atoms with Crippen molar-refractivity contribution in [3.8, 4) is 5.75 Å². The van der Waals surface area contributed by atoms with E-state index in [2.05, 4.69) is 10.1 Å². The van der Waals surface area contributed by atoms with E-state index in [-0.39, 0.29) is 36.2 Å². The smallest absolute Gasteiger partial charge is 0.406 e. The third-order valence-corrected chi connectivity index (χ3v) is 5.39. The minimum Gasteiger partial charge on any atom is -0.406 e. The largest absolute Gasteiger partial charge is 0.573 e. The number of quaternary nitrogens is 1. The van der Waals surface area contributed by atoms with Crippen molar-refractivity contribution in [3.05, 3.63) is 24.3 Å². The van der Waals surface area contributed by atoms with Gasteiger partial charge in [-0.15, -0.1) is 13.2 Å². The van der Waals surface area contributed by atoms with Crippen LogP contribution in [0.4, 0.5) is 18.9 Å². The normalized spacial score (nSPS) is 17.3. The van der Waals surface area contributed by atoms with Crippen LogP contribution >= 0.6 is 0 Å². The first-order valence-electron chi connectivity index (χ1n) is 9.81. The summed E-state index contributed by atoms with van der Waals surface area (Å²) in [5, 5.41) is 2.63. The molecule has 1 unspecified atom stereocenters. The summed E-state index contributed by atoms with van der Waals surface area (Å²) < 4.78 is 40.4. The second-order valence-corrected chi connectivity index (χ2v) is 7.61. The molecule has 0 heterocycles. The summed E-state index contributed by atoms with van der Waals surface area (Å²) in [6.07, 6.45) is 0.751. The van der Waals surface area contributed by atoms with Crippen molar-refractivity contribution in [1.82, 2.24) is 4.90 Å². The molecule has 29 heavy (non-hydrogen) atoms. The molecule has 2 N–H and O–H groups in total. The zero-order valence-corrected chi connectivity index (χ0v) is 17.0. The molecule has 1 saturated carbocycles. The summed E-state index contributed by atoms with van der Waals surface area (Å²) in [5.74, 6) is -0.675. The van der Waals surface area contributed by atoms with E-state index in [1.807, 2.05) is 11.9 Å². The lowest BCUT2D eigenvalue weighted by Crippen LogP contribution is -3.15. The van der Waals surface area contributed by atoms with Crippen LogP contribution in [0.1, 0.15) is 39.0 Å². The molecule has 1 fully saturated rings. The van der Waals surface area contributed by atoms with Gasteiger partial charge >= 0.3 is 6.36 Å². The summed E-state index contributed by atoms with van der Waals surface area (Å²) in [4.78, 5) is 27.6. The summed E-state index contributed by atoms with van der Waals surface area (Å²) in [6.45, 7) is 1.86. The number of likely N-dealkylation sites (N-methyl/N-ethyl adjacent to an activating group) is 2. The van der Waals surface area contributed by atoms with Crippen molar-refractivity contribution >= 4 is 17.5 Å². The van der Waals surface area contributed by atoms with E-state index < -0.39 is 6.36 Å². The molecule has 6 nitrogen and oxygen atoms in total. The van der Waals surface area contributed by atoms with Crippen LogP contribution in [0.5, 0.6) is 5.75 Å². The van der Waals surface area contributed by atoms with E-state index in [0.29, 0.717) is 5.69 Å². The lowest BCUT2D eigenvalue weighted by Gasteiger charge is -2.33. The number of hydrogen-bond donors (Lipinski definition) is 2. The zero-order chi connectivity index (χ0) is 21.6. The van der Waals surface area contributed by atoms with E-state index in [0.717, 1.165) is 42.7 Å². The minimum absolute atomic E-state index is 0.0100. The Morgan fingerprint density at radius 2 is 1.79 bits per heavy atom. The number of anilines is 1. The molecular weight excluding hydrogens is 387 g/mol. The van der Waals surface area contributed by atoms with Gasteiger partial charge in [-0.3, -0.25) is 9.59 Å².